The third-order valence-corrected chi connectivity index (χ3v) is 6.67. The van der Waals surface area contributed by atoms with Crippen LogP contribution in [0.3, 0.4) is 0 Å². The van der Waals surface area contributed by atoms with Crippen molar-refractivity contribution in [3.63, 3.8) is 0 Å². The van der Waals surface area contributed by atoms with Gasteiger partial charge in [0.25, 0.3) is 5.56 Å². The van der Waals surface area contributed by atoms with E-state index in [1.165, 1.54) is 16.8 Å². The van der Waals surface area contributed by atoms with Crippen molar-refractivity contribution in [2.45, 2.75) is 33.3 Å². The van der Waals surface area contributed by atoms with E-state index in [-0.39, 0.29) is 23.6 Å². The van der Waals surface area contributed by atoms with E-state index < -0.39 is 5.97 Å². The number of benzene rings is 3. The van der Waals surface area contributed by atoms with Crippen molar-refractivity contribution in [3.8, 4) is 11.5 Å². The zero-order valence-electron chi connectivity index (χ0n) is 20.9. The number of carboxylic acids is 1. The first-order valence-electron chi connectivity index (χ1n) is 11.9. The second-order valence-electron chi connectivity index (χ2n) is 8.70. The second-order valence-corrected chi connectivity index (χ2v) is 10.5. The van der Waals surface area contributed by atoms with Gasteiger partial charge in [-0.2, -0.15) is 9.78 Å². The first-order chi connectivity index (χ1) is 18.2. The quantitative estimate of drug-likeness (QED) is 0.206. The zero-order valence-corrected chi connectivity index (χ0v) is 24.1. The van der Waals surface area contributed by atoms with Crippen LogP contribution in [0.1, 0.15) is 54.0 Å². The van der Waals surface area contributed by atoms with Gasteiger partial charge in [-0.3, -0.25) is 4.79 Å². The fourth-order valence-corrected chi connectivity index (χ4v) is 4.68. The molecule has 8 nitrogen and oxygen atoms in total. The Labute approximate surface area is 236 Å². The van der Waals surface area contributed by atoms with E-state index in [0.717, 1.165) is 10.0 Å². The van der Waals surface area contributed by atoms with Gasteiger partial charge in [-0.05, 0) is 76.4 Å². The molecule has 1 N–H and O–H groups in total. The molecule has 0 atom stereocenters. The van der Waals surface area contributed by atoms with Crippen LogP contribution in [-0.4, -0.2) is 33.6 Å². The number of aromatic carboxylic acids is 1. The van der Waals surface area contributed by atoms with Crippen molar-refractivity contribution in [2.75, 3.05) is 6.61 Å². The van der Waals surface area contributed by atoms with Crippen LogP contribution in [0.25, 0.3) is 10.9 Å². The number of halogens is 2. The lowest BCUT2D eigenvalue weighted by atomic mass is 10.1. The third-order valence-electron chi connectivity index (χ3n) is 5.59. The molecule has 0 radical (unpaired) electrons. The molecule has 0 bridgehead atoms. The van der Waals surface area contributed by atoms with E-state index in [2.05, 4.69) is 41.9 Å². The molecule has 196 valence electrons. The van der Waals surface area contributed by atoms with Gasteiger partial charge in [-0.25, -0.2) is 9.78 Å². The minimum atomic E-state index is -0.980. The van der Waals surface area contributed by atoms with E-state index in [1.54, 1.807) is 30.5 Å². The molecule has 1 aromatic heterocycles. The van der Waals surface area contributed by atoms with E-state index in [0.29, 0.717) is 44.9 Å². The number of carbonyl (C=O) groups is 1. The molecule has 0 fully saturated rings. The Morgan fingerprint density at radius 2 is 1.84 bits per heavy atom. The number of hydrogen-bond donors (Lipinski definition) is 1. The Morgan fingerprint density at radius 1 is 1.11 bits per heavy atom. The number of nitrogens with zero attached hydrogens (tertiary/aromatic N) is 3. The van der Waals surface area contributed by atoms with Crippen molar-refractivity contribution in [1.82, 2.24) is 9.66 Å². The smallest absolute Gasteiger partial charge is 0.335 e. The van der Waals surface area contributed by atoms with Gasteiger partial charge in [0, 0.05) is 10.4 Å². The molecule has 4 aromatic rings. The number of rotatable bonds is 9. The number of carboxylic acid groups (broad SMARTS) is 1. The summed E-state index contributed by atoms with van der Waals surface area (Å²) in [5, 5.41) is 14.1. The van der Waals surface area contributed by atoms with Crippen LogP contribution in [0, 0.1) is 0 Å². The SMILES string of the molecule is CCOc1cc(C=Nn2c(C(C)C)nc3ccc(Br)cc3c2=O)cc(Br)c1OCc1ccc(C(=O)O)cc1. The molecule has 1 heterocycles. The van der Waals surface area contributed by atoms with Gasteiger partial charge >= 0.3 is 5.97 Å². The fraction of sp³-hybridized carbons (Fsp3) is 0.214. The number of hydrogen-bond acceptors (Lipinski definition) is 6. The number of ether oxygens (including phenoxy) is 2. The first-order valence-corrected chi connectivity index (χ1v) is 13.4. The van der Waals surface area contributed by atoms with Crippen molar-refractivity contribution in [3.05, 3.63) is 96.4 Å². The summed E-state index contributed by atoms with van der Waals surface area (Å²) in [7, 11) is 0. The normalized spacial score (nSPS) is 11.4. The minimum Gasteiger partial charge on any atom is -0.490 e. The minimum absolute atomic E-state index is 0.0287. The molecule has 0 aliphatic heterocycles. The molecule has 3 aromatic carbocycles. The lowest BCUT2D eigenvalue weighted by Crippen LogP contribution is -2.23. The Morgan fingerprint density at radius 3 is 2.50 bits per heavy atom. The van der Waals surface area contributed by atoms with Crippen molar-refractivity contribution < 1.29 is 19.4 Å². The molecule has 10 heteroatoms. The van der Waals surface area contributed by atoms with Gasteiger partial charge in [0.15, 0.2) is 11.5 Å². The monoisotopic (exact) mass is 641 g/mol. The fourth-order valence-electron chi connectivity index (χ4n) is 3.74. The summed E-state index contributed by atoms with van der Waals surface area (Å²) in [6.45, 7) is 6.43. The van der Waals surface area contributed by atoms with Crippen LogP contribution < -0.4 is 15.0 Å². The maximum Gasteiger partial charge on any atom is 0.335 e. The standard InChI is InChI=1S/C28H25Br2N3O5/c1-4-37-24-12-18(11-22(30)25(24)38-15-17-5-7-19(8-6-17)28(35)36)14-31-33-26(16(2)3)32-23-10-9-20(29)13-21(23)27(33)34/h5-14,16H,4,15H2,1-3H3,(H,35,36). The maximum atomic E-state index is 13.3. The maximum absolute atomic E-state index is 13.3. The van der Waals surface area contributed by atoms with Gasteiger partial charge in [0.2, 0.25) is 0 Å². The molecule has 0 amide bonds. The highest BCUT2D eigenvalue weighted by molar-refractivity contribution is 9.10. The van der Waals surface area contributed by atoms with Crippen molar-refractivity contribution in [2.24, 2.45) is 5.10 Å². The molecule has 0 unspecified atom stereocenters. The molecule has 4 rings (SSSR count). The van der Waals surface area contributed by atoms with Crippen LogP contribution in [0.15, 0.2) is 73.4 Å². The van der Waals surface area contributed by atoms with E-state index in [1.807, 2.05) is 39.0 Å². The Hall–Kier alpha value is -3.50. The summed E-state index contributed by atoms with van der Waals surface area (Å²) in [4.78, 5) is 29.1. The van der Waals surface area contributed by atoms with E-state index in [4.69, 9.17) is 14.6 Å². The van der Waals surface area contributed by atoms with Gasteiger partial charge in [0.1, 0.15) is 12.4 Å². The molecular weight excluding hydrogens is 618 g/mol. The molecule has 0 saturated carbocycles. The lowest BCUT2D eigenvalue weighted by molar-refractivity contribution is 0.0697. The van der Waals surface area contributed by atoms with Crippen LogP contribution in [0.2, 0.25) is 0 Å². The summed E-state index contributed by atoms with van der Waals surface area (Å²) in [6.07, 6.45) is 1.58. The highest BCUT2D eigenvalue weighted by Crippen LogP contribution is 2.37. The van der Waals surface area contributed by atoms with E-state index >= 15 is 0 Å². The van der Waals surface area contributed by atoms with Gasteiger partial charge < -0.3 is 14.6 Å². The number of aromatic nitrogens is 2. The zero-order chi connectivity index (χ0) is 27.4. The van der Waals surface area contributed by atoms with Crippen LogP contribution >= 0.6 is 31.9 Å². The molecule has 0 aliphatic carbocycles. The average Bonchev–Trinajstić information content (AvgIpc) is 2.88. The van der Waals surface area contributed by atoms with Crippen molar-refractivity contribution in [1.29, 1.82) is 0 Å². The summed E-state index contributed by atoms with van der Waals surface area (Å²) in [5.41, 5.74) is 2.08. The average molecular weight is 643 g/mol. The largest absolute Gasteiger partial charge is 0.490 e. The summed E-state index contributed by atoms with van der Waals surface area (Å²) in [5.74, 6) is 0.551. The van der Waals surface area contributed by atoms with Gasteiger partial charge in [0.05, 0.1) is 33.8 Å². The second kappa shape index (κ2) is 11.9. The highest BCUT2D eigenvalue weighted by atomic mass is 79.9. The molecular formula is C28H25Br2N3O5. The van der Waals surface area contributed by atoms with Crippen LogP contribution in [-0.2, 0) is 6.61 Å². The third kappa shape index (κ3) is 6.14. The van der Waals surface area contributed by atoms with Gasteiger partial charge in [-0.15, -0.1) is 0 Å². The summed E-state index contributed by atoms with van der Waals surface area (Å²) in [6, 6.07) is 15.5. The van der Waals surface area contributed by atoms with Crippen LogP contribution in [0.5, 0.6) is 11.5 Å². The Balaban J connectivity index is 1.66. The van der Waals surface area contributed by atoms with Gasteiger partial charge in [-0.1, -0.05) is 41.9 Å². The Kier molecular flexibility index (Phi) is 8.63. The predicted molar refractivity (Wildman–Crippen MR) is 154 cm³/mol. The Bertz CT molecular complexity index is 1580. The molecule has 0 saturated heterocycles. The van der Waals surface area contributed by atoms with E-state index in [9.17, 15) is 9.59 Å². The first kappa shape index (κ1) is 27.5. The highest BCUT2D eigenvalue weighted by Gasteiger charge is 2.15. The molecule has 0 spiro atoms. The topological polar surface area (TPSA) is 103 Å². The predicted octanol–water partition coefficient (Wildman–Crippen LogP) is 6.60. The number of fused-ring (bicyclic) bond motifs is 1. The van der Waals surface area contributed by atoms with Crippen LogP contribution in [0.4, 0.5) is 0 Å². The van der Waals surface area contributed by atoms with Crippen molar-refractivity contribution >= 4 is 54.9 Å². The molecule has 38 heavy (non-hydrogen) atoms. The lowest BCUT2D eigenvalue weighted by Gasteiger charge is -2.15. The molecule has 0 aliphatic rings. The summed E-state index contributed by atoms with van der Waals surface area (Å²) >= 11 is 6.98. The summed E-state index contributed by atoms with van der Waals surface area (Å²) < 4.78 is 14.6.